The average Bonchev–Trinajstić information content (AvgIpc) is 3.22. The van der Waals surface area contributed by atoms with Crippen molar-refractivity contribution < 1.29 is 18.0 Å². The van der Waals surface area contributed by atoms with Crippen molar-refractivity contribution in [2.45, 2.75) is 46.3 Å². The Kier molecular flexibility index (Phi) is 6.28. The standard InChI is InChI=1S/C21H24F3N5O/c1-14-12-26-28(13-14)9-5-8-25-20(30)11-19-15(2)27-29(16(19)3)18-7-4-6-17(10-18)21(22,23)24/h4,6-7,10,12-13H,5,8-9,11H2,1-3H3,(H,25,30). The fourth-order valence-corrected chi connectivity index (χ4v) is 3.28. The zero-order valence-electron chi connectivity index (χ0n) is 17.1. The normalized spacial score (nSPS) is 11.7. The number of alkyl halides is 3. The van der Waals surface area contributed by atoms with Gasteiger partial charge in [-0.15, -0.1) is 0 Å². The molecule has 2 heterocycles. The van der Waals surface area contributed by atoms with E-state index in [9.17, 15) is 18.0 Å². The first-order chi connectivity index (χ1) is 14.1. The van der Waals surface area contributed by atoms with E-state index in [0.717, 1.165) is 24.1 Å². The van der Waals surface area contributed by atoms with Crippen LogP contribution >= 0.6 is 0 Å². The Bertz CT molecular complexity index is 1040. The smallest absolute Gasteiger partial charge is 0.356 e. The minimum Gasteiger partial charge on any atom is -0.356 e. The van der Waals surface area contributed by atoms with Crippen LogP contribution in [0, 0.1) is 20.8 Å². The predicted octanol–water partition coefficient (Wildman–Crippen LogP) is 3.76. The number of amides is 1. The summed E-state index contributed by atoms with van der Waals surface area (Å²) in [5.74, 6) is -0.151. The van der Waals surface area contributed by atoms with E-state index >= 15 is 0 Å². The molecule has 0 saturated heterocycles. The topological polar surface area (TPSA) is 64.7 Å². The van der Waals surface area contributed by atoms with E-state index in [0.29, 0.717) is 35.7 Å². The number of carbonyl (C=O) groups excluding carboxylic acids is 1. The highest BCUT2D eigenvalue weighted by atomic mass is 19.4. The van der Waals surface area contributed by atoms with Crippen molar-refractivity contribution >= 4 is 5.91 Å². The average molecular weight is 419 g/mol. The van der Waals surface area contributed by atoms with Crippen LogP contribution in [0.5, 0.6) is 0 Å². The van der Waals surface area contributed by atoms with Crippen molar-refractivity contribution in [3.8, 4) is 5.69 Å². The van der Waals surface area contributed by atoms with Crippen LogP contribution in [-0.2, 0) is 23.9 Å². The zero-order chi connectivity index (χ0) is 21.9. The summed E-state index contributed by atoms with van der Waals surface area (Å²) in [6, 6.07) is 4.99. The largest absolute Gasteiger partial charge is 0.416 e. The van der Waals surface area contributed by atoms with Gasteiger partial charge >= 0.3 is 6.18 Å². The SMILES string of the molecule is Cc1cnn(CCCNC(=O)Cc2c(C)nn(-c3cccc(C(F)(F)F)c3)c2C)c1. The molecule has 0 fully saturated rings. The lowest BCUT2D eigenvalue weighted by Crippen LogP contribution is -2.27. The predicted molar refractivity (Wildman–Crippen MR) is 106 cm³/mol. The van der Waals surface area contributed by atoms with Gasteiger partial charge in [0, 0.05) is 30.5 Å². The maximum absolute atomic E-state index is 13.0. The van der Waals surface area contributed by atoms with Gasteiger partial charge in [-0.3, -0.25) is 9.48 Å². The molecule has 3 aromatic rings. The molecule has 9 heteroatoms. The van der Waals surface area contributed by atoms with Gasteiger partial charge in [0.1, 0.15) is 0 Å². The number of nitrogens with zero attached hydrogens (tertiary/aromatic N) is 4. The van der Waals surface area contributed by atoms with E-state index < -0.39 is 11.7 Å². The molecule has 3 rings (SSSR count). The van der Waals surface area contributed by atoms with E-state index in [-0.39, 0.29) is 12.3 Å². The molecule has 6 nitrogen and oxygen atoms in total. The summed E-state index contributed by atoms with van der Waals surface area (Å²) in [6.45, 7) is 6.69. The van der Waals surface area contributed by atoms with Gasteiger partial charge in [-0.2, -0.15) is 23.4 Å². The number of hydrogen-bond acceptors (Lipinski definition) is 3. The van der Waals surface area contributed by atoms with Crippen LogP contribution in [0.2, 0.25) is 0 Å². The van der Waals surface area contributed by atoms with Crippen molar-refractivity contribution in [2.24, 2.45) is 0 Å². The number of nitrogens with one attached hydrogen (secondary N) is 1. The van der Waals surface area contributed by atoms with E-state index in [4.69, 9.17) is 0 Å². The Balaban J connectivity index is 1.63. The summed E-state index contributed by atoms with van der Waals surface area (Å²) >= 11 is 0. The van der Waals surface area contributed by atoms with Crippen LogP contribution in [-0.4, -0.2) is 32.0 Å². The summed E-state index contributed by atoms with van der Waals surface area (Å²) in [4.78, 5) is 12.3. The van der Waals surface area contributed by atoms with Crippen molar-refractivity contribution in [2.75, 3.05) is 6.54 Å². The second kappa shape index (κ2) is 8.73. The molecule has 160 valence electrons. The van der Waals surface area contributed by atoms with Crippen LogP contribution in [0.4, 0.5) is 13.2 Å². The number of aromatic nitrogens is 4. The van der Waals surface area contributed by atoms with Crippen LogP contribution < -0.4 is 5.32 Å². The van der Waals surface area contributed by atoms with Crippen molar-refractivity contribution in [3.05, 3.63) is 64.7 Å². The van der Waals surface area contributed by atoms with Crippen LogP contribution in [0.15, 0.2) is 36.7 Å². The van der Waals surface area contributed by atoms with Gasteiger partial charge in [0.15, 0.2) is 0 Å². The zero-order valence-corrected chi connectivity index (χ0v) is 17.1. The van der Waals surface area contributed by atoms with Crippen molar-refractivity contribution in [1.29, 1.82) is 0 Å². The van der Waals surface area contributed by atoms with Crippen molar-refractivity contribution in [1.82, 2.24) is 24.9 Å². The molecule has 0 aliphatic heterocycles. The first-order valence-corrected chi connectivity index (χ1v) is 9.63. The molecule has 0 spiro atoms. The third-order valence-electron chi connectivity index (χ3n) is 4.85. The highest BCUT2D eigenvalue weighted by Crippen LogP contribution is 2.30. The van der Waals surface area contributed by atoms with E-state index in [1.807, 2.05) is 17.8 Å². The van der Waals surface area contributed by atoms with Gasteiger partial charge in [-0.05, 0) is 51.0 Å². The molecule has 2 aromatic heterocycles. The number of carbonyl (C=O) groups is 1. The second-order valence-corrected chi connectivity index (χ2v) is 7.27. The Hall–Kier alpha value is -3.10. The Morgan fingerprint density at radius 1 is 1.20 bits per heavy atom. The number of rotatable bonds is 7. The molecule has 1 aromatic carbocycles. The van der Waals surface area contributed by atoms with Gasteiger partial charge in [0.05, 0.1) is 29.6 Å². The summed E-state index contributed by atoms with van der Waals surface area (Å²) in [7, 11) is 0. The second-order valence-electron chi connectivity index (χ2n) is 7.27. The highest BCUT2D eigenvalue weighted by Gasteiger charge is 2.30. The molecule has 0 saturated carbocycles. The molecule has 0 unspecified atom stereocenters. The highest BCUT2D eigenvalue weighted by molar-refractivity contribution is 5.79. The Morgan fingerprint density at radius 3 is 2.63 bits per heavy atom. The summed E-state index contributed by atoms with van der Waals surface area (Å²) in [5.41, 5.74) is 2.64. The maximum atomic E-state index is 13.0. The van der Waals surface area contributed by atoms with Gasteiger partial charge in [-0.25, -0.2) is 4.68 Å². The summed E-state index contributed by atoms with van der Waals surface area (Å²) in [5, 5.41) is 11.4. The lowest BCUT2D eigenvalue weighted by molar-refractivity contribution is -0.137. The number of aryl methyl sites for hydroxylation is 3. The minimum absolute atomic E-state index is 0.123. The lowest BCUT2D eigenvalue weighted by atomic mass is 10.1. The molecule has 0 aliphatic rings. The molecule has 1 N–H and O–H groups in total. The molecule has 1 amide bonds. The quantitative estimate of drug-likeness (QED) is 0.593. The monoisotopic (exact) mass is 419 g/mol. The third kappa shape index (κ3) is 5.08. The fraction of sp³-hybridized carbons (Fsp3) is 0.381. The van der Waals surface area contributed by atoms with Crippen LogP contribution in [0.3, 0.4) is 0 Å². The maximum Gasteiger partial charge on any atom is 0.416 e. The number of hydrogen-bond donors (Lipinski definition) is 1. The Morgan fingerprint density at radius 2 is 1.97 bits per heavy atom. The molecule has 0 aliphatic carbocycles. The molecule has 30 heavy (non-hydrogen) atoms. The van der Waals surface area contributed by atoms with Crippen LogP contribution in [0.1, 0.15) is 34.5 Å². The summed E-state index contributed by atoms with van der Waals surface area (Å²) in [6.07, 6.45) is 0.165. The minimum atomic E-state index is -4.43. The first-order valence-electron chi connectivity index (χ1n) is 9.63. The van der Waals surface area contributed by atoms with Crippen molar-refractivity contribution in [3.63, 3.8) is 0 Å². The van der Waals surface area contributed by atoms with E-state index in [2.05, 4.69) is 15.5 Å². The van der Waals surface area contributed by atoms with E-state index in [1.165, 1.54) is 10.7 Å². The van der Waals surface area contributed by atoms with Gasteiger partial charge in [-0.1, -0.05) is 6.07 Å². The number of benzene rings is 1. The van der Waals surface area contributed by atoms with Gasteiger partial charge in [0.2, 0.25) is 5.91 Å². The van der Waals surface area contributed by atoms with Crippen LogP contribution in [0.25, 0.3) is 5.69 Å². The molecule has 0 bridgehead atoms. The fourth-order valence-electron chi connectivity index (χ4n) is 3.28. The first kappa shape index (κ1) is 21.6. The Labute approximate surface area is 172 Å². The lowest BCUT2D eigenvalue weighted by Gasteiger charge is -2.10. The van der Waals surface area contributed by atoms with Gasteiger partial charge < -0.3 is 5.32 Å². The van der Waals surface area contributed by atoms with Gasteiger partial charge in [0.25, 0.3) is 0 Å². The molecular weight excluding hydrogens is 395 g/mol. The van der Waals surface area contributed by atoms with E-state index in [1.54, 1.807) is 26.1 Å². The third-order valence-corrected chi connectivity index (χ3v) is 4.85. The molecule has 0 atom stereocenters. The number of halogens is 3. The summed E-state index contributed by atoms with van der Waals surface area (Å²) < 4.78 is 42.3. The molecular formula is C21H24F3N5O. The molecule has 0 radical (unpaired) electrons.